The van der Waals surface area contributed by atoms with Crippen LogP contribution in [0, 0.1) is 0 Å². The van der Waals surface area contributed by atoms with Crippen LogP contribution in [0.1, 0.15) is 42.7 Å². The zero-order valence-corrected chi connectivity index (χ0v) is 19.9. The number of ether oxygens (including phenoxy) is 3. The molecular weight excluding hydrogens is 424 g/mol. The van der Waals surface area contributed by atoms with Gasteiger partial charge in [-0.05, 0) is 78.9 Å². The van der Waals surface area contributed by atoms with E-state index in [9.17, 15) is 0 Å². The third kappa shape index (κ3) is 6.16. The van der Waals surface area contributed by atoms with Gasteiger partial charge >= 0.3 is 0 Å². The molecule has 2 aliphatic rings. The Morgan fingerprint density at radius 1 is 0.794 bits per heavy atom. The van der Waals surface area contributed by atoms with Crippen LogP contribution < -0.4 is 15.4 Å². The Morgan fingerprint density at radius 3 is 2.53 bits per heavy atom. The fourth-order valence-corrected chi connectivity index (χ4v) is 5.04. The molecule has 0 aromatic heterocycles. The SMILES string of the molecule is c1ccc2cc(COC3CNCCC3c3ccc(OCCOC4CCCCN4)cc3)ccc2c1. The van der Waals surface area contributed by atoms with Crippen molar-refractivity contribution in [2.75, 3.05) is 32.8 Å². The number of hydrogen-bond acceptors (Lipinski definition) is 5. The zero-order valence-electron chi connectivity index (χ0n) is 19.9. The Hall–Kier alpha value is -2.44. The summed E-state index contributed by atoms with van der Waals surface area (Å²) in [6.45, 7) is 4.76. The molecule has 3 unspecified atom stereocenters. The molecule has 0 bridgehead atoms. The van der Waals surface area contributed by atoms with Crippen LogP contribution >= 0.6 is 0 Å². The third-order valence-electron chi connectivity index (χ3n) is 6.95. The van der Waals surface area contributed by atoms with Gasteiger partial charge in [0.25, 0.3) is 0 Å². The molecule has 3 aromatic carbocycles. The van der Waals surface area contributed by atoms with Crippen LogP contribution in [-0.4, -0.2) is 45.2 Å². The van der Waals surface area contributed by atoms with E-state index in [0.29, 0.717) is 25.7 Å². The molecule has 0 spiro atoms. The van der Waals surface area contributed by atoms with E-state index in [-0.39, 0.29) is 12.3 Å². The molecule has 5 nitrogen and oxygen atoms in total. The van der Waals surface area contributed by atoms with Crippen molar-refractivity contribution in [2.24, 2.45) is 0 Å². The summed E-state index contributed by atoms with van der Waals surface area (Å²) >= 11 is 0. The van der Waals surface area contributed by atoms with Crippen LogP contribution in [0.25, 0.3) is 10.8 Å². The molecule has 180 valence electrons. The maximum absolute atomic E-state index is 6.44. The van der Waals surface area contributed by atoms with Gasteiger partial charge < -0.3 is 19.5 Å². The Labute approximate surface area is 202 Å². The summed E-state index contributed by atoms with van der Waals surface area (Å²) in [4.78, 5) is 0. The Morgan fingerprint density at radius 2 is 1.68 bits per heavy atom. The number of benzene rings is 3. The minimum absolute atomic E-state index is 0.156. The van der Waals surface area contributed by atoms with E-state index < -0.39 is 0 Å². The zero-order chi connectivity index (χ0) is 23.0. The lowest BCUT2D eigenvalue weighted by atomic mass is 9.87. The lowest BCUT2D eigenvalue weighted by molar-refractivity contribution is -0.00128. The van der Waals surface area contributed by atoms with Crippen molar-refractivity contribution in [2.45, 2.75) is 50.5 Å². The van der Waals surface area contributed by atoms with Gasteiger partial charge in [-0.3, -0.25) is 5.32 Å². The highest BCUT2D eigenvalue weighted by Gasteiger charge is 2.27. The molecule has 3 aromatic rings. The second kappa shape index (κ2) is 11.8. The summed E-state index contributed by atoms with van der Waals surface area (Å²) in [5, 5.41) is 9.43. The quantitative estimate of drug-likeness (QED) is 0.440. The van der Waals surface area contributed by atoms with Gasteiger partial charge in [0.1, 0.15) is 18.6 Å². The number of hydrogen-bond donors (Lipinski definition) is 2. The lowest BCUT2D eigenvalue weighted by Crippen LogP contribution is -2.40. The summed E-state index contributed by atoms with van der Waals surface area (Å²) < 4.78 is 18.2. The van der Waals surface area contributed by atoms with Crippen LogP contribution in [-0.2, 0) is 16.1 Å². The molecule has 0 aliphatic carbocycles. The van der Waals surface area contributed by atoms with Crippen molar-refractivity contribution < 1.29 is 14.2 Å². The smallest absolute Gasteiger partial charge is 0.119 e. The van der Waals surface area contributed by atoms with Crippen LogP contribution in [0.2, 0.25) is 0 Å². The Kier molecular flexibility index (Phi) is 8.09. The summed E-state index contributed by atoms with van der Waals surface area (Å²) in [6.07, 6.45) is 4.99. The van der Waals surface area contributed by atoms with Gasteiger partial charge in [-0.2, -0.15) is 0 Å². The van der Waals surface area contributed by atoms with Gasteiger partial charge in [-0.15, -0.1) is 0 Å². The van der Waals surface area contributed by atoms with E-state index in [1.54, 1.807) is 0 Å². The van der Waals surface area contributed by atoms with E-state index in [2.05, 4.69) is 77.4 Å². The van der Waals surface area contributed by atoms with E-state index in [4.69, 9.17) is 14.2 Å². The van der Waals surface area contributed by atoms with Gasteiger partial charge in [0, 0.05) is 12.5 Å². The topological polar surface area (TPSA) is 51.8 Å². The van der Waals surface area contributed by atoms with Crippen LogP contribution in [0.3, 0.4) is 0 Å². The number of rotatable bonds is 9. The normalized spacial score (nSPS) is 23.1. The van der Waals surface area contributed by atoms with E-state index in [1.807, 2.05) is 0 Å². The van der Waals surface area contributed by atoms with Gasteiger partial charge in [0.15, 0.2) is 0 Å². The molecule has 0 saturated carbocycles. The molecule has 34 heavy (non-hydrogen) atoms. The summed E-state index contributed by atoms with van der Waals surface area (Å²) in [5.41, 5.74) is 2.54. The predicted octanol–water partition coefficient (Wildman–Crippen LogP) is 5.00. The first kappa shape index (κ1) is 23.3. The lowest BCUT2D eigenvalue weighted by Gasteiger charge is -2.32. The summed E-state index contributed by atoms with van der Waals surface area (Å²) in [5.74, 6) is 1.28. The number of nitrogens with one attached hydrogen (secondary N) is 2. The largest absolute Gasteiger partial charge is 0.491 e. The minimum Gasteiger partial charge on any atom is -0.491 e. The van der Waals surface area contributed by atoms with Crippen LogP contribution in [0.5, 0.6) is 5.75 Å². The fraction of sp³-hybridized carbons (Fsp3) is 0.448. The minimum atomic E-state index is 0.156. The van der Waals surface area contributed by atoms with Crippen molar-refractivity contribution in [1.29, 1.82) is 0 Å². The Bertz CT molecular complexity index is 1030. The molecule has 2 heterocycles. The van der Waals surface area contributed by atoms with Gasteiger partial charge in [-0.1, -0.05) is 48.5 Å². The second-order valence-electron chi connectivity index (χ2n) is 9.36. The molecular formula is C29H36N2O3. The number of piperidine rings is 2. The van der Waals surface area contributed by atoms with Gasteiger partial charge in [0.2, 0.25) is 0 Å². The van der Waals surface area contributed by atoms with Crippen LogP contribution in [0.4, 0.5) is 0 Å². The molecule has 2 N–H and O–H groups in total. The predicted molar refractivity (Wildman–Crippen MR) is 136 cm³/mol. The summed E-state index contributed by atoms with van der Waals surface area (Å²) in [7, 11) is 0. The van der Waals surface area contributed by atoms with Crippen molar-refractivity contribution >= 4 is 10.8 Å². The molecule has 2 saturated heterocycles. The maximum atomic E-state index is 6.44. The average molecular weight is 461 g/mol. The fourth-order valence-electron chi connectivity index (χ4n) is 5.04. The Balaban J connectivity index is 1.13. The summed E-state index contributed by atoms with van der Waals surface area (Å²) in [6, 6.07) is 23.6. The molecule has 5 heteroatoms. The van der Waals surface area contributed by atoms with Crippen molar-refractivity contribution in [3.05, 3.63) is 77.9 Å². The average Bonchev–Trinajstić information content (AvgIpc) is 2.91. The molecule has 2 aliphatic heterocycles. The first-order valence-corrected chi connectivity index (χ1v) is 12.7. The highest BCUT2D eigenvalue weighted by molar-refractivity contribution is 5.82. The standard InChI is InChI=1S/C29H36N2O3/c1-2-6-25-19-22(8-9-23(25)5-1)21-34-28-20-30-16-14-27(28)24-10-12-26(13-11-24)32-17-18-33-29-7-3-4-15-31-29/h1-2,5-6,8-13,19,27-31H,3-4,7,14-18,20-21H2. The second-order valence-corrected chi connectivity index (χ2v) is 9.36. The molecule has 3 atom stereocenters. The molecule has 0 amide bonds. The van der Waals surface area contributed by atoms with Crippen molar-refractivity contribution in [1.82, 2.24) is 10.6 Å². The molecule has 0 radical (unpaired) electrons. The monoisotopic (exact) mass is 460 g/mol. The number of fused-ring (bicyclic) bond motifs is 1. The molecule has 5 rings (SSSR count). The van der Waals surface area contributed by atoms with E-state index in [1.165, 1.54) is 34.7 Å². The highest BCUT2D eigenvalue weighted by atomic mass is 16.5. The third-order valence-corrected chi connectivity index (χ3v) is 6.95. The highest BCUT2D eigenvalue weighted by Crippen LogP contribution is 2.30. The van der Waals surface area contributed by atoms with Crippen LogP contribution in [0.15, 0.2) is 66.7 Å². The molecule has 2 fully saturated rings. The first-order chi connectivity index (χ1) is 16.8. The first-order valence-electron chi connectivity index (χ1n) is 12.7. The van der Waals surface area contributed by atoms with E-state index >= 15 is 0 Å². The van der Waals surface area contributed by atoms with Crippen molar-refractivity contribution in [3.63, 3.8) is 0 Å². The maximum Gasteiger partial charge on any atom is 0.119 e. The van der Waals surface area contributed by atoms with Crippen molar-refractivity contribution in [3.8, 4) is 5.75 Å². The van der Waals surface area contributed by atoms with E-state index in [0.717, 1.165) is 38.2 Å². The van der Waals surface area contributed by atoms with Gasteiger partial charge in [0.05, 0.1) is 19.3 Å². The van der Waals surface area contributed by atoms with Gasteiger partial charge in [-0.25, -0.2) is 0 Å².